The molecule has 0 amide bonds. The number of allylic oxidation sites excluding steroid dienone is 1. The Bertz CT molecular complexity index is 354. The molecule has 20 heavy (non-hydrogen) atoms. The Kier molecular flexibility index (Phi) is 4.96. The SMILES string of the molecule is COC1C(C)C(C)CC2(CO2)C1/C(C)=C/CCC(C)C. The fraction of sp³-hybridized carbons (Fsp3) is 0.889. The summed E-state index contributed by atoms with van der Waals surface area (Å²) in [7, 11) is 1.86. The first-order valence-electron chi connectivity index (χ1n) is 8.24. The first-order chi connectivity index (χ1) is 9.41. The average molecular weight is 280 g/mol. The highest BCUT2D eigenvalue weighted by atomic mass is 16.6. The third-order valence-electron chi connectivity index (χ3n) is 5.47. The molecule has 116 valence electrons. The quantitative estimate of drug-likeness (QED) is 0.548. The van der Waals surface area contributed by atoms with E-state index in [1.165, 1.54) is 24.8 Å². The van der Waals surface area contributed by atoms with E-state index in [9.17, 15) is 0 Å². The van der Waals surface area contributed by atoms with Crippen molar-refractivity contribution in [3.8, 4) is 0 Å². The minimum atomic E-state index is 0.0883. The van der Waals surface area contributed by atoms with E-state index in [1.54, 1.807) is 0 Å². The van der Waals surface area contributed by atoms with Crippen LogP contribution in [0.1, 0.15) is 53.9 Å². The van der Waals surface area contributed by atoms with E-state index in [0.29, 0.717) is 23.9 Å². The van der Waals surface area contributed by atoms with Crippen molar-refractivity contribution < 1.29 is 9.47 Å². The lowest BCUT2D eigenvalue weighted by atomic mass is 9.65. The predicted octanol–water partition coefficient (Wildman–Crippen LogP) is 4.45. The van der Waals surface area contributed by atoms with Crippen LogP contribution in [0.3, 0.4) is 0 Å². The van der Waals surface area contributed by atoms with Gasteiger partial charge in [0.2, 0.25) is 0 Å². The summed E-state index contributed by atoms with van der Waals surface area (Å²) in [6, 6.07) is 0. The second-order valence-corrected chi connectivity index (χ2v) is 7.49. The van der Waals surface area contributed by atoms with Crippen molar-refractivity contribution in [3.63, 3.8) is 0 Å². The first-order valence-corrected chi connectivity index (χ1v) is 8.24. The summed E-state index contributed by atoms with van der Waals surface area (Å²) in [6.07, 6.45) is 6.37. The molecule has 2 rings (SSSR count). The number of methoxy groups -OCH3 is 1. The van der Waals surface area contributed by atoms with Crippen LogP contribution in [-0.2, 0) is 9.47 Å². The maximum Gasteiger partial charge on any atom is 0.101 e. The molecule has 2 aliphatic rings. The lowest BCUT2D eigenvalue weighted by molar-refractivity contribution is -0.0584. The molecule has 0 bridgehead atoms. The molecule has 1 saturated heterocycles. The van der Waals surface area contributed by atoms with Crippen molar-refractivity contribution in [2.75, 3.05) is 13.7 Å². The molecule has 1 saturated carbocycles. The molecule has 0 N–H and O–H groups in total. The number of epoxide rings is 1. The molecule has 5 atom stereocenters. The molecule has 1 aliphatic carbocycles. The highest BCUT2D eigenvalue weighted by molar-refractivity contribution is 5.20. The number of rotatable bonds is 5. The molecule has 2 heteroatoms. The molecule has 5 unspecified atom stereocenters. The molecule has 2 nitrogen and oxygen atoms in total. The van der Waals surface area contributed by atoms with Crippen molar-refractivity contribution in [1.29, 1.82) is 0 Å². The van der Waals surface area contributed by atoms with E-state index >= 15 is 0 Å². The van der Waals surface area contributed by atoms with Crippen LogP contribution in [0, 0.1) is 23.7 Å². The van der Waals surface area contributed by atoms with Crippen molar-refractivity contribution in [2.24, 2.45) is 23.7 Å². The Labute approximate surface area is 124 Å². The topological polar surface area (TPSA) is 21.8 Å². The van der Waals surface area contributed by atoms with Crippen molar-refractivity contribution in [3.05, 3.63) is 11.6 Å². The molecule has 0 radical (unpaired) electrons. The van der Waals surface area contributed by atoms with Crippen LogP contribution >= 0.6 is 0 Å². The summed E-state index contributed by atoms with van der Waals surface area (Å²) in [5, 5.41) is 0. The van der Waals surface area contributed by atoms with Crippen LogP contribution in [-0.4, -0.2) is 25.4 Å². The lowest BCUT2D eigenvalue weighted by Crippen LogP contribution is -2.48. The van der Waals surface area contributed by atoms with Gasteiger partial charge in [0.1, 0.15) is 5.60 Å². The van der Waals surface area contributed by atoms with Crippen LogP contribution in [0.2, 0.25) is 0 Å². The van der Waals surface area contributed by atoms with Crippen LogP contribution in [0.5, 0.6) is 0 Å². The second kappa shape index (κ2) is 6.19. The molecular weight excluding hydrogens is 248 g/mol. The minimum absolute atomic E-state index is 0.0883. The Hall–Kier alpha value is -0.340. The summed E-state index contributed by atoms with van der Waals surface area (Å²) in [5.41, 5.74) is 1.57. The van der Waals surface area contributed by atoms with Crippen molar-refractivity contribution in [2.45, 2.75) is 65.6 Å². The number of hydrogen-bond acceptors (Lipinski definition) is 2. The van der Waals surface area contributed by atoms with Gasteiger partial charge in [-0.3, -0.25) is 0 Å². The van der Waals surface area contributed by atoms with E-state index in [0.717, 1.165) is 12.5 Å². The van der Waals surface area contributed by atoms with Gasteiger partial charge in [0.15, 0.2) is 0 Å². The number of ether oxygens (including phenoxy) is 2. The monoisotopic (exact) mass is 280 g/mol. The molecule has 0 aromatic rings. The van der Waals surface area contributed by atoms with Gasteiger partial charge in [0.05, 0.1) is 12.7 Å². The van der Waals surface area contributed by atoms with Gasteiger partial charge in [-0.15, -0.1) is 0 Å². The van der Waals surface area contributed by atoms with Gasteiger partial charge in [-0.05, 0) is 43.9 Å². The normalized spacial score (nSPS) is 41.5. The molecular formula is C18H32O2. The fourth-order valence-electron chi connectivity index (χ4n) is 3.97. The average Bonchev–Trinajstić information content (AvgIpc) is 3.13. The van der Waals surface area contributed by atoms with Crippen LogP contribution in [0.15, 0.2) is 11.6 Å². The minimum Gasteiger partial charge on any atom is -0.380 e. The van der Waals surface area contributed by atoms with Crippen LogP contribution in [0.25, 0.3) is 0 Å². The van der Waals surface area contributed by atoms with Crippen molar-refractivity contribution >= 4 is 0 Å². The third-order valence-corrected chi connectivity index (χ3v) is 5.47. The molecule has 1 heterocycles. The van der Waals surface area contributed by atoms with Gasteiger partial charge in [-0.1, -0.05) is 39.3 Å². The zero-order chi connectivity index (χ0) is 14.9. The molecule has 1 aliphatic heterocycles. The largest absolute Gasteiger partial charge is 0.380 e. The Morgan fingerprint density at radius 3 is 2.55 bits per heavy atom. The molecule has 0 aromatic carbocycles. The van der Waals surface area contributed by atoms with Gasteiger partial charge >= 0.3 is 0 Å². The second-order valence-electron chi connectivity index (χ2n) is 7.49. The van der Waals surface area contributed by atoms with E-state index in [-0.39, 0.29) is 5.60 Å². The van der Waals surface area contributed by atoms with E-state index in [1.807, 2.05) is 7.11 Å². The van der Waals surface area contributed by atoms with Gasteiger partial charge < -0.3 is 9.47 Å². The lowest BCUT2D eigenvalue weighted by Gasteiger charge is -2.44. The number of hydrogen-bond donors (Lipinski definition) is 0. The first kappa shape index (κ1) is 16.0. The van der Waals surface area contributed by atoms with E-state index in [4.69, 9.17) is 9.47 Å². The molecule has 2 fully saturated rings. The van der Waals surface area contributed by atoms with Gasteiger partial charge in [-0.2, -0.15) is 0 Å². The summed E-state index contributed by atoms with van der Waals surface area (Å²) in [6.45, 7) is 12.5. The zero-order valence-electron chi connectivity index (χ0n) is 14.1. The Balaban J connectivity index is 2.13. The van der Waals surface area contributed by atoms with Gasteiger partial charge in [0, 0.05) is 13.0 Å². The van der Waals surface area contributed by atoms with Crippen molar-refractivity contribution in [1.82, 2.24) is 0 Å². The Morgan fingerprint density at radius 2 is 2.05 bits per heavy atom. The highest BCUT2D eigenvalue weighted by Gasteiger charge is 2.60. The predicted molar refractivity (Wildman–Crippen MR) is 83.7 cm³/mol. The summed E-state index contributed by atoms with van der Waals surface area (Å²) >= 11 is 0. The maximum absolute atomic E-state index is 5.93. The zero-order valence-corrected chi connectivity index (χ0v) is 14.1. The fourth-order valence-corrected chi connectivity index (χ4v) is 3.97. The Morgan fingerprint density at radius 1 is 1.40 bits per heavy atom. The third kappa shape index (κ3) is 3.12. The summed E-state index contributed by atoms with van der Waals surface area (Å²) < 4.78 is 11.8. The summed E-state index contributed by atoms with van der Waals surface area (Å²) in [5.74, 6) is 2.51. The smallest absolute Gasteiger partial charge is 0.101 e. The van der Waals surface area contributed by atoms with Crippen LogP contribution < -0.4 is 0 Å². The molecule has 1 spiro atoms. The standard InChI is InChI=1S/C18H32O2/c1-12(2)8-7-9-13(3)16-17(19-6)15(5)14(4)10-18(16)11-20-18/h9,12,14-17H,7-8,10-11H2,1-6H3/b13-9+. The van der Waals surface area contributed by atoms with E-state index < -0.39 is 0 Å². The highest BCUT2D eigenvalue weighted by Crippen LogP contribution is 2.53. The maximum atomic E-state index is 5.93. The van der Waals surface area contributed by atoms with Gasteiger partial charge in [0.25, 0.3) is 0 Å². The molecule has 0 aromatic heterocycles. The van der Waals surface area contributed by atoms with E-state index in [2.05, 4.69) is 40.7 Å². The van der Waals surface area contributed by atoms with Gasteiger partial charge in [-0.25, -0.2) is 0 Å². The van der Waals surface area contributed by atoms with Crippen LogP contribution in [0.4, 0.5) is 0 Å². The summed E-state index contributed by atoms with van der Waals surface area (Å²) in [4.78, 5) is 0.